The zero-order chi connectivity index (χ0) is 10.8. The lowest BCUT2D eigenvalue weighted by atomic mass is 10.3. The number of ether oxygens (including phenoxy) is 1. The molecule has 0 radical (unpaired) electrons. The van der Waals surface area contributed by atoms with Gasteiger partial charge in [0.1, 0.15) is 0 Å². The van der Waals surface area contributed by atoms with Crippen LogP contribution in [0.3, 0.4) is 0 Å². The third kappa shape index (κ3) is 4.00. The Kier molecular flexibility index (Phi) is 3.77. The lowest BCUT2D eigenvalue weighted by molar-refractivity contribution is -0.0528. The quantitative estimate of drug-likeness (QED) is 0.827. The molecule has 0 saturated heterocycles. The molecule has 2 N–H and O–H groups in total. The molecule has 0 saturated carbocycles. The maximum absolute atomic E-state index is 11.8. The number of halogens is 3. The first-order valence-corrected chi connectivity index (χ1v) is 3.10. The van der Waals surface area contributed by atoms with Crippen LogP contribution in [0.2, 0.25) is 0 Å². The van der Waals surface area contributed by atoms with E-state index in [0.717, 1.165) is 12.3 Å². The molecule has 0 atom stereocenters. The highest BCUT2D eigenvalue weighted by Crippen LogP contribution is 2.11. The van der Waals surface area contributed by atoms with Gasteiger partial charge in [-0.15, -0.1) is 12.4 Å². The molecule has 0 spiro atoms. The predicted octanol–water partition coefficient (Wildman–Crippen LogP) is 1.56. The number of pyridine rings is 1. The van der Waals surface area contributed by atoms with Gasteiger partial charge in [0.25, 0.3) is 0 Å². The van der Waals surface area contributed by atoms with E-state index >= 15 is 0 Å². The molecule has 1 aromatic heterocycles. The fourth-order valence-corrected chi connectivity index (χ4v) is 0.655. The number of nitrogens with zero attached hydrogens (tertiary/aromatic N) is 1. The van der Waals surface area contributed by atoms with Crippen molar-refractivity contribution in [2.24, 2.45) is 5.73 Å². The largest absolute Gasteiger partial charge is 0.417 e. The Morgan fingerprint density at radius 2 is 2.38 bits per heavy atom. The van der Waals surface area contributed by atoms with Crippen LogP contribution in [-0.2, 0) is 6.50 Å². The summed E-state index contributed by atoms with van der Waals surface area (Å²) >= 11 is 0. The van der Waals surface area contributed by atoms with Gasteiger partial charge in [-0.2, -0.15) is 8.78 Å². The van der Waals surface area contributed by atoms with Gasteiger partial charge in [-0.3, -0.25) is 0 Å². The van der Waals surface area contributed by atoms with E-state index in [1.54, 1.807) is 0 Å². The SMILES string of the molecule is Cl.[2H]C([2H])(N)c1ccnc(OC(F)F)c1. The molecule has 1 rings (SSSR count). The highest BCUT2D eigenvalue weighted by molar-refractivity contribution is 5.85. The van der Waals surface area contributed by atoms with Gasteiger partial charge in [-0.1, -0.05) is 0 Å². The molecule has 0 bridgehead atoms. The molecule has 1 heterocycles. The molecular weight excluding hydrogens is 202 g/mol. The van der Waals surface area contributed by atoms with E-state index in [2.05, 4.69) is 9.72 Å². The van der Waals surface area contributed by atoms with Gasteiger partial charge in [0, 0.05) is 21.5 Å². The van der Waals surface area contributed by atoms with Gasteiger partial charge < -0.3 is 10.5 Å². The first-order valence-electron chi connectivity index (χ1n) is 4.10. The van der Waals surface area contributed by atoms with Crippen molar-refractivity contribution in [3.05, 3.63) is 23.9 Å². The lowest BCUT2D eigenvalue weighted by Crippen LogP contribution is -2.04. The van der Waals surface area contributed by atoms with E-state index in [0.29, 0.717) is 0 Å². The van der Waals surface area contributed by atoms with Gasteiger partial charge in [0.05, 0.1) is 0 Å². The monoisotopic (exact) mass is 212 g/mol. The van der Waals surface area contributed by atoms with Crippen molar-refractivity contribution >= 4 is 12.4 Å². The third-order valence-electron chi connectivity index (χ3n) is 1.11. The van der Waals surface area contributed by atoms with Gasteiger partial charge >= 0.3 is 6.61 Å². The summed E-state index contributed by atoms with van der Waals surface area (Å²) in [6.07, 6.45) is 1.15. The topological polar surface area (TPSA) is 48.1 Å². The number of aromatic nitrogens is 1. The van der Waals surface area contributed by atoms with E-state index < -0.39 is 13.1 Å². The maximum atomic E-state index is 11.8. The number of rotatable bonds is 3. The van der Waals surface area contributed by atoms with Crippen molar-refractivity contribution in [3.8, 4) is 5.88 Å². The van der Waals surface area contributed by atoms with E-state index in [-0.39, 0.29) is 23.9 Å². The summed E-state index contributed by atoms with van der Waals surface area (Å²) in [6.45, 7) is -5.08. The number of alkyl halides is 2. The Labute approximate surface area is 83.1 Å². The minimum atomic E-state index is -2.98. The zero-order valence-electron chi connectivity index (χ0n) is 8.41. The van der Waals surface area contributed by atoms with Crippen LogP contribution in [0.4, 0.5) is 8.78 Å². The highest BCUT2D eigenvalue weighted by atomic mass is 35.5. The molecule has 3 nitrogen and oxygen atoms in total. The molecule has 74 valence electrons. The fraction of sp³-hybridized carbons (Fsp3) is 0.286. The number of hydrogen-bond acceptors (Lipinski definition) is 3. The maximum Gasteiger partial charge on any atom is 0.388 e. The van der Waals surface area contributed by atoms with Crippen molar-refractivity contribution in [1.29, 1.82) is 0 Å². The average molecular weight is 213 g/mol. The first-order chi connectivity index (χ1) is 6.39. The van der Waals surface area contributed by atoms with Gasteiger partial charge in [0.2, 0.25) is 5.88 Å². The molecular formula is C7H9ClF2N2O. The van der Waals surface area contributed by atoms with Crippen molar-refractivity contribution in [1.82, 2.24) is 4.98 Å². The summed E-state index contributed by atoms with van der Waals surface area (Å²) in [4.78, 5) is 3.47. The predicted molar refractivity (Wildman–Crippen MR) is 46.0 cm³/mol. The zero-order valence-corrected chi connectivity index (χ0v) is 7.22. The smallest absolute Gasteiger partial charge is 0.388 e. The van der Waals surface area contributed by atoms with Gasteiger partial charge in [-0.05, 0) is 11.6 Å². The molecule has 0 aliphatic heterocycles. The summed E-state index contributed by atoms with van der Waals surface area (Å²) in [5.74, 6) is -0.355. The van der Waals surface area contributed by atoms with E-state index in [1.165, 1.54) is 6.07 Å². The Balaban J connectivity index is 0.00000196. The van der Waals surface area contributed by atoms with Crippen LogP contribution in [0.5, 0.6) is 5.88 Å². The highest BCUT2D eigenvalue weighted by Gasteiger charge is 2.04. The summed E-state index contributed by atoms with van der Waals surface area (Å²) in [5, 5.41) is 0. The number of hydrogen-bond donors (Lipinski definition) is 1. The number of nitrogens with two attached hydrogens (primary N) is 1. The molecule has 13 heavy (non-hydrogen) atoms. The van der Waals surface area contributed by atoms with Crippen molar-refractivity contribution in [2.75, 3.05) is 0 Å². The Bertz CT molecular complexity index is 322. The van der Waals surface area contributed by atoms with Crippen LogP contribution in [0.1, 0.15) is 8.30 Å². The lowest BCUT2D eigenvalue weighted by Gasteiger charge is -2.03. The van der Waals surface area contributed by atoms with Crippen LogP contribution in [0.25, 0.3) is 0 Å². The second kappa shape index (κ2) is 5.66. The van der Waals surface area contributed by atoms with Crippen LogP contribution in [0, 0.1) is 0 Å². The summed E-state index contributed by atoms with van der Waals surface area (Å²) in [5.41, 5.74) is 5.15. The summed E-state index contributed by atoms with van der Waals surface area (Å²) in [6, 6.07) is 2.32. The minimum Gasteiger partial charge on any atom is -0.417 e. The normalized spacial score (nSPS) is 12.9. The van der Waals surface area contributed by atoms with Crippen LogP contribution in [0.15, 0.2) is 18.3 Å². The van der Waals surface area contributed by atoms with Crippen LogP contribution >= 0.6 is 12.4 Å². The molecule has 1 aromatic rings. The minimum absolute atomic E-state index is 0. The van der Waals surface area contributed by atoms with E-state index in [4.69, 9.17) is 8.48 Å². The van der Waals surface area contributed by atoms with Crippen LogP contribution < -0.4 is 10.5 Å². The Hall–Kier alpha value is -0.940. The Morgan fingerprint density at radius 3 is 2.92 bits per heavy atom. The summed E-state index contributed by atoms with van der Waals surface area (Å²) < 4.78 is 41.8. The molecule has 0 aromatic carbocycles. The third-order valence-corrected chi connectivity index (χ3v) is 1.11. The molecule has 0 aliphatic rings. The first kappa shape index (κ1) is 8.65. The fourth-order valence-electron chi connectivity index (χ4n) is 0.655. The summed E-state index contributed by atoms with van der Waals surface area (Å²) in [7, 11) is 0. The molecule has 6 heteroatoms. The molecule has 0 fully saturated rings. The van der Waals surface area contributed by atoms with E-state index in [1.807, 2.05) is 0 Å². The van der Waals surface area contributed by atoms with Crippen molar-refractivity contribution < 1.29 is 16.3 Å². The Morgan fingerprint density at radius 1 is 1.69 bits per heavy atom. The molecule has 0 amide bonds. The molecule has 0 aliphatic carbocycles. The van der Waals surface area contributed by atoms with Crippen molar-refractivity contribution in [3.63, 3.8) is 0 Å². The van der Waals surface area contributed by atoms with E-state index in [9.17, 15) is 8.78 Å². The van der Waals surface area contributed by atoms with Gasteiger partial charge in [0.15, 0.2) is 0 Å². The van der Waals surface area contributed by atoms with Crippen LogP contribution in [-0.4, -0.2) is 11.6 Å². The second-order valence-electron chi connectivity index (χ2n) is 1.91. The average Bonchev–Trinajstić information content (AvgIpc) is 2.01. The van der Waals surface area contributed by atoms with Gasteiger partial charge in [-0.25, -0.2) is 4.98 Å². The molecule has 0 unspecified atom stereocenters. The second-order valence-corrected chi connectivity index (χ2v) is 1.91. The standard InChI is InChI=1S/C7H8F2N2O.ClH/c8-7(9)12-6-3-5(4-10)1-2-11-6;/h1-3,7H,4,10H2;1H/i4D2;. The van der Waals surface area contributed by atoms with Crippen molar-refractivity contribution in [2.45, 2.75) is 13.1 Å².